The van der Waals surface area contributed by atoms with E-state index in [1.807, 2.05) is 24.3 Å². The Morgan fingerprint density at radius 2 is 1.96 bits per heavy atom. The van der Waals surface area contributed by atoms with Crippen molar-refractivity contribution in [2.75, 3.05) is 20.2 Å². The fraction of sp³-hybridized carbons (Fsp3) is 0.389. The average Bonchev–Trinajstić information content (AvgIpc) is 3.10. The molecule has 1 saturated heterocycles. The number of carbonyl (C=O) groups excluding carboxylic acids is 2. The molecule has 0 aliphatic carbocycles. The molecule has 2 heterocycles. The number of likely N-dealkylation sites (tertiary alicyclic amines) is 1. The summed E-state index contributed by atoms with van der Waals surface area (Å²) in [7, 11) is 1.64. The van der Waals surface area contributed by atoms with Gasteiger partial charge in [-0.15, -0.1) is 11.3 Å². The molecular formula is C18H21N3O3S. The first-order valence-corrected chi connectivity index (χ1v) is 9.10. The standard InChI is InChI=1S/C18H21N3O3S/c1-24-14-4-2-12(3-5-14)10-16-20-15(11-25-16)18(23)21-8-6-13(7-9-21)17(19)22/h2-5,11,13H,6-10H2,1H3,(H2,19,22). The van der Waals surface area contributed by atoms with Crippen molar-refractivity contribution in [1.29, 1.82) is 0 Å². The number of piperidine rings is 1. The minimum atomic E-state index is -0.275. The van der Waals surface area contributed by atoms with Gasteiger partial charge in [0.1, 0.15) is 11.4 Å². The quantitative estimate of drug-likeness (QED) is 0.886. The van der Waals surface area contributed by atoms with Crippen molar-refractivity contribution in [3.8, 4) is 5.75 Å². The number of nitrogens with zero attached hydrogens (tertiary/aromatic N) is 2. The average molecular weight is 359 g/mol. The summed E-state index contributed by atoms with van der Waals surface area (Å²) in [5, 5.41) is 2.71. The van der Waals surface area contributed by atoms with Crippen LogP contribution in [0.2, 0.25) is 0 Å². The van der Waals surface area contributed by atoms with Crippen LogP contribution in [0.25, 0.3) is 0 Å². The Kier molecular flexibility index (Phi) is 5.33. The van der Waals surface area contributed by atoms with E-state index in [2.05, 4.69) is 4.98 Å². The van der Waals surface area contributed by atoms with Gasteiger partial charge in [0.05, 0.1) is 12.1 Å². The number of amides is 2. The summed E-state index contributed by atoms with van der Waals surface area (Å²) in [6, 6.07) is 7.82. The van der Waals surface area contributed by atoms with E-state index in [-0.39, 0.29) is 17.7 Å². The second-order valence-corrected chi connectivity index (χ2v) is 7.06. The van der Waals surface area contributed by atoms with Gasteiger partial charge in [0.15, 0.2) is 0 Å². The number of methoxy groups -OCH3 is 1. The molecule has 0 unspecified atom stereocenters. The van der Waals surface area contributed by atoms with Crippen LogP contribution in [0.1, 0.15) is 33.9 Å². The van der Waals surface area contributed by atoms with E-state index in [0.717, 1.165) is 16.3 Å². The maximum atomic E-state index is 12.6. The van der Waals surface area contributed by atoms with Crippen LogP contribution in [0.5, 0.6) is 5.75 Å². The highest BCUT2D eigenvalue weighted by molar-refractivity contribution is 7.09. The molecule has 1 aliphatic heterocycles. The normalized spacial score (nSPS) is 15.2. The Balaban J connectivity index is 1.60. The van der Waals surface area contributed by atoms with E-state index < -0.39 is 0 Å². The zero-order valence-corrected chi connectivity index (χ0v) is 14.9. The number of carbonyl (C=O) groups is 2. The predicted molar refractivity (Wildman–Crippen MR) is 95.7 cm³/mol. The van der Waals surface area contributed by atoms with Crippen molar-refractivity contribution < 1.29 is 14.3 Å². The van der Waals surface area contributed by atoms with E-state index in [0.29, 0.717) is 38.0 Å². The van der Waals surface area contributed by atoms with Gasteiger partial charge in [-0.25, -0.2) is 4.98 Å². The molecule has 2 amide bonds. The highest BCUT2D eigenvalue weighted by atomic mass is 32.1. The zero-order valence-electron chi connectivity index (χ0n) is 14.1. The molecule has 6 nitrogen and oxygen atoms in total. The summed E-state index contributed by atoms with van der Waals surface area (Å²) >= 11 is 1.49. The van der Waals surface area contributed by atoms with Crippen LogP contribution >= 0.6 is 11.3 Å². The van der Waals surface area contributed by atoms with Crippen LogP contribution in [0.15, 0.2) is 29.6 Å². The lowest BCUT2D eigenvalue weighted by Crippen LogP contribution is -2.41. The molecule has 2 N–H and O–H groups in total. The fourth-order valence-electron chi connectivity index (χ4n) is 2.94. The van der Waals surface area contributed by atoms with Gasteiger partial charge in [-0.3, -0.25) is 9.59 Å². The van der Waals surface area contributed by atoms with Crippen LogP contribution in [0.3, 0.4) is 0 Å². The molecule has 25 heavy (non-hydrogen) atoms. The molecule has 3 rings (SSSR count). The Hall–Kier alpha value is -2.41. The number of primary amides is 1. The molecule has 1 fully saturated rings. The number of rotatable bonds is 5. The van der Waals surface area contributed by atoms with Crippen LogP contribution in [-0.4, -0.2) is 41.9 Å². The predicted octanol–water partition coefficient (Wildman–Crippen LogP) is 2.08. The molecular weight excluding hydrogens is 338 g/mol. The van der Waals surface area contributed by atoms with Gasteiger partial charge in [-0.05, 0) is 30.5 Å². The second-order valence-electron chi connectivity index (χ2n) is 6.12. The van der Waals surface area contributed by atoms with Crippen molar-refractivity contribution in [1.82, 2.24) is 9.88 Å². The lowest BCUT2D eigenvalue weighted by atomic mass is 9.96. The van der Waals surface area contributed by atoms with Crippen LogP contribution < -0.4 is 10.5 Å². The molecule has 0 bridgehead atoms. The third-order valence-electron chi connectivity index (χ3n) is 4.47. The minimum Gasteiger partial charge on any atom is -0.497 e. The summed E-state index contributed by atoms with van der Waals surface area (Å²) in [4.78, 5) is 30.0. The highest BCUT2D eigenvalue weighted by Crippen LogP contribution is 2.21. The molecule has 1 aliphatic rings. The lowest BCUT2D eigenvalue weighted by Gasteiger charge is -2.30. The van der Waals surface area contributed by atoms with Crippen molar-refractivity contribution >= 4 is 23.2 Å². The molecule has 2 aromatic rings. The van der Waals surface area contributed by atoms with Gasteiger partial charge >= 0.3 is 0 Å². The Morgan fingerprint density at radius 1 is 1.28 bits per heavy atom. The van der Waals surface area contributed by atoms with Crippen molar-refractivity contribution in [3.63, 3.8) is 0 Å². The van der Waals surface area contributed by atoms with Crippen LogP contribution in [0, 0.1) is 5.92 Å². The fourth-order valence-corrected chi connectivity index (χ4v) is 3.74. The molecule has 132 valence electrons. The van der Waals surface area contributed by atoms with Gasteiger partial charge in [-0.2, -0.15) is 0 Å². The molecule has 1 aromatic heterocycles. The lowest BCUT2D eigenvalue weighted by molar-refractivity contribution is -0.123. The third-order valence-corrected chi connectivity index (χ3v) is 5.32. The molecule has 1 aromatic carbocycles. The van der Waals surface area contributed by atoms with E-state index >= 15 is 0 Å². The van der Waals surface area contributed by atoms with E-state index in [9.17, 15) is 9.59 Å². The summed E-state index contributed by atoms with van der Waals surface area (Å²) in [6.07, 6.45) is 1.94. The van der Waals surface area contributed by atoms with E-state index in [1.165, 1.54) is 11.3 Å². The molecule has 0 spiro atoms. The number of aromatic nitrogens is 1. The van der Waals surface area contributed by atoms with Crippen molar-refractivity contribution in [2.24, 2.45) is 11.7 Å². The largest absolute Gasteiger partial charge is 0.497 e. The highest BCUT2D eigenvalue weighted by Gasteiger charge is 2.27. The van der Waals surface area contributed by atoms with Gasteiger partial charge in [0.2, 0.25) is 5.91 Å². The van der Waals surface area contributed by atoms with E-state index in [4.69, 9.17) is 10.5 Å². The monoisotopic (exact) mass is 359 g/mol. The maximum absolute atomic E-state index is 12.6. The summed E-state index contributed by atoms with van der Waals surface area (Å²) < 4.78 is 5.15. The number of ether oxygens (including phenoxy) is 1. The summed E-state index contributed by atoms with van der Waals surface area (Å²) in [5.41, 5.74) is 6.93. The van der Waals surface area contributed by atoms with Crippen molar-refractivity contribution in [2.45, 2.75) is 19.3 Å². The third kappa shape index (κ3) is 4.17. The Labute approximate surface area is 150 Å². The summed E-state index contributed by atoms with van der Waals surface area (Å²) in [6.45, 7) is 1.11. The zero-order chi connectivity index (χ0) is 17.8. The molecule has 0 atom stereocenters. The Morgan fingerprint density at radius 3 is 2.56 bits per heavy atom. The maximum Gasteiger partial charge on any atom is 0.273 e. The van der Waals surface area contributed by atoms with E-state index in [1.54, 1.807) is 17.4 Å². The molecule has 0 radical (unpaired) electrons. The smallest absolute Gasteiger partial charge is 0.273 e. The number of nitrogens with two attached hydrogens (primary N) is 1. The van der Waals surface area contributed by atoms with Gasteiger partial charge < -0.3 is 15.4 Å². The molecule has 7 heteroatoms. The second kappa shape index (κ2) is 7.65. The number of hydrogen-bond acceptors (Lipinski definition) is 5. The Bertz CT molecular complexity index is 749. The van der Waals surface area contributed by atoms with Crippen LogP contribution in [-0.2, 0) is 11.2 Å². The summed E-state index contributed by atoms with van der Waals surface area (Å²) in [5.74, 6) is 0.353. The first-order valence-electron chi connectivity index (χ1n) is 8.22. The van der Waals surface area contributed by atoms with Gasteiger partial charge in [0, 0.05) is 30.8 Å². The van der Waals surface area contributed by atoms with Gasteiger partial charge in [0.25, 0.3) is 5.91 Å². The number of thiazole rings is 1. The minimum absolute atomic E-state index is 0.0693. The topological polar surface area (TPSA) is 85.5 Å². The first kappa shape index (κ1) is 17.4. The van der Waals surface area contributed by atoms with Crippen LogP contribution in [0.4, 0.5) is 0 Å². The number of benzene rings is 1. The molecule has 0 saturated carbocycles. The van der Waals surface area contributed by atoms with Crippen molar-refractivity contribution in [3.05, 3.63) is 45.9 Å². The van der Waals surface area contributed by atoms with Gasteiger partial charge in [-0.1, -0.05) is 12.1 Å². The number of hydrogen-bond donors (Lipinski definition) is 1. The SMILES string of the molecule is COc1ccc(Cc2nc(C(=O)N3CCC(C(N)=O)CC3)cs2)cc1. The first-order chi connectivity index (χ1) is 12.1.